The van der Waals surface area contributed by atoms with Crippen molar-refractivity contribution in [3.63, 3.8) is 0 Å². The fraction of sp³-hybridized carbons (Fsp3) is 0.417. The van der Waals surface area contributed by atoms with Gasteiger partial charge in [-0.3, -0.25) is 0 Å². The Labute approximate surface area is 109 Å². The third kappa shape index (κ3) is 2.54. The Morgan fingerprint density at radius 1 is 1.29 bits per heavy atom. The van der Waals surface area contributed by atoms with Crippen LogP contribution in [0.5, 0.6) is 0 Å². The lowest BCUT2D eigenvalue weighted by Gasteiger charge is -2.15. The maximum atomic E-state index is 4.13. The Morgan fingerprint density at radius 3 is 2.65 bits per heavy atom. The van der Waals surface area contributed by atoms with Crippen molar-refractivity contribution in [2.45, 2.75) is 31.0 Å². The predicted molar refractivity (Wildman–Crippen MR) is 70.6 cm³/mol. The summed E-state index contributed by atoms with van der Waals surface area (Å²) in [7, 11) is 0. The Morgan fingerprint density at radius 2 is 2.00 bits per heavy atom. The van der Waals surface area contributed by atoms with Gasteiger partial charge in [0.25, 0.3) is 0 Å². The summed E-state index contributed by atoms with van der Waals surface area (Å²) in [4.78, 5) is 0.385. The number of nitrogens with zero attached hydrogens (tertiary/aromatic N) is 4. The van der Waals surface area contributed by atoms with Crippen molar-refractivity contribution in [3.05, 3.63) is 36.2 Å². The number of aromatic nitrogens is 4. The maximum Gasteiger partial charge on any atom is 0.160 e. The molecule has 0 aliphatic carbocycles. The zero-order valence-electron chi connectivity index (χ0n) is 9.92. The summed E-state index contributed by atoms with van der Waals surface area (Å²) < 4.78 is 1.80. The van der Waals surface area contributed by atoms with Crippen LogP contribution in [-0.4, -0.2) is 25.0 Å². The molecular formula is C12H15BrN4. The summed E-state index contributed by atoms with van der Waals surface area (Å²) in [6, 6.07) is 9.95. The highest BCUT2D eigenvalue weighted by Crippen LogP contribution is 2.26. The lowest BCUT2D eigenvalue weighted by Crippen LogP contribution is -2.14. The van der Waals surface area contributed by atoms with E-state index in [-0.39, 0.29) is 5.92 Å². The minimum atomic E-state index is 0.273. The standard InChI is InChI=1S/C12H15BrN4/c1-3-11(13)9(2)12-14-15-16-17(12)10-7-5-4-6-8-10/h4-9,11H,3H2,1-2H3. The first-order valence-corrected chi connectivity index (χ1v) is 6.63. The van der Waals surface area contributed by atoms with Crippen molar-refractivity contribution in [3.8, 4) is 5.69 Å². The van der Waals surface area contributed by atoms with Gasteiger partial charge in [0.15, 0.2) is 5.82 Å². The van der Waals surface area contributed by atoms with E-state index in [4.69, 9.17) is 0 Å². The smallest absolute Gasteiger partial charge is 0.160 e. The van der Waals surface area contributed by atoms with E-state index in [1.165, 1.54) is 0 Å². The summed E-state index contributed by atoms with van der Waals surface area (Å²) in [6.07, 6.45) is 1.04. The molecule has 0 saturated heterocycles. The van der Waals surface area contributed by atoms with Crippen LogP contribution in [0, 0.1) is 0 Å². The minimum Gasteiger partial charge on any atom is -0.197 e. The van der Waals surface area contributed by atoms with E-state index < -0.39 is 0 Å². The number of rotatable bonds is 4. The minimum absolute atomic E-state index is 0.273. The van der Waals surface area contributed by atoms with E-state index in [1.54, 1.807) is 4.68 Å². The average Bonchev–Trinajstić information content (AvgIpc) is 2.87. The van der Waals surface area contributed by atoms with E-state index in [1.807, 2.05) is 30.3 Å². The average molecular weight is 295 g/mol. The van der Waals surface area contributed by atoms with Crippen LogP contribution in [-0.2, 0) is 0 Å². The molecule has 0 aliphatic rings. The number of tetrazole rings is 1. The highest BCUT2D eigenvalue weighted by atomic mass is 79.9. The van der Waals surface area contributed by atoms with E-state index >= 15 is 0 Å². The molecule has 1 aromatic carbocycles. The Kier molecular flexibility index (Phi) is 3.89. The van der Waals surface area contributed by atoms with E-state index in [2.05, 4.69) is 45.3 Å². The first kappa shape index (κ1) is 12.2. The van der Waals surface area contributed by atoms with Crippen molar-refractivity contribution in [1.82, 2.24) is 20.2 Å². The van der Waals surface area contributed by atoms with Crippen LogP contribution in [0.1, 0.15) is 32.0 Å². The molecule has 2 unspecified atom stereocenters. The third-order valence-electron chi connectivity index (χ3n) is 2.83. The molecule has 4 nitrogen and oxygen atoms in total. The normalized spacial score (nSPS) is 14.5. The molecule has 0 saturated carbocycles. The van der Waals surface area contributed by atoms with Gasteiger partial charge < -0.3 is 0 Å². The van der Waals surface area contributed by atoms with Gasteiger partial charge in [-0.2, -0.15) is 4.68 Å². The Bertz CT molecular complexity index is 468. The summed E-state index contributed by atoms with van der Waals surface area (Å²) in [5, 5.41) is 12.0. The molecule has 2 rings (SSSR count). The number of hydrogen-bond acceptors (Lipinski definition) is 3. The van der Waals surface area contributed by atoms with Gasteiger partial charge in [0.2, 0.25) is 0 Å². The van der Waals surface area contributed by atoms with Crippen molar-refractivity contribution < 1.29 is 0 Å². The Balaban J connectivity index is 2.35. The molecule has 2 aromatic rings. The second-order valence-corrected chi connectivity index (χ2v) is 5.17. The molecule has 0 aliphatic heterocycles. The zero-order valence-corrected chi connectivity index (χ0v) is 11.5. The molecule has 17 heavy (non-hydrogen) atoms. The van der Waals surface area contributed by atoms with Crippen molar-refractivity contribution >= 4 is 15.9 Å². The van der Waals surface area contributed by atoms with Crippen LogP contribution < -0.4 is 0 Å². The molecule has 0 radical (unpaired) electrons. The largest absolute Gasteiger partial charge is 0.197 e. The van der Waals surface area contributed by atoms with Gasteiger partial charge in [0, 0.05) is 10.7 Å². The third-order valence-corrected chi connectivity index (χ3v) is 4.27. The number of alkyl halides is 1. The zero-order chi connectivity index (χ0) is 12.3. The molecule has 0 bridgehead atoms. The quantitative estimate of drug-likeness (QED) is 0.815. The fourth-order valence-corrected chi connectivity index (χ4v) is 1.98. The van der Waals surface area contributed by atoms with Crippen LogP contribution in [0.25, 0.3) is 5.69 Å². The summed E-state index contributed by atoms with van der Waals surface area (Å²) in [5.41, 5.74) is 0.996. The number of hydrogen-bond donors (Lipinski definition) is 0. The second-order valence-electron chi connectivity index (χ2n) is 4.00. The van der Waals surface area contributed by atoms with Crippen LogP contribution in [0.3, 0.4) is 0 Å². The van der Waals surface area contributed by atoms with Crippen LogP contribution in [0.2, 0.25) is 0 Å². The van der Waals surface area contributed by atoms with Crippen molar-refractivity contribution in [1.29, 1.82) is 0 Å². The molecule has 0 N–H and O–H groups in total. The van der Waals surface area contributed by atoms with E-state index in [0.717, 1.165) is 17.9 Å². The van der Waals surface area contributed by atoms with Crippen LogP contribution in [0.4, 0.5) is 0 Å². The van der Waals surface area contributed by atoms with Gasteiger partial charge in [0.1, 0.15) is 0 Å². The highest BCUT2D eigenvalue weighted by molar-refractivity contribution is 9.09. The Hall–Kier alpha value is -1.23. The molecule has 90 valence electrons. The van der Waals surface area contributed by atoms with Crippen LogP contribution in [0.15, 0.2) is 30.3 Å². The van der Waals surface area contributed by atoms with Crippen LogP contribution >= 0.6 is 15.9 Å². The van der Waals surface area contributed by atoms with Gasteiger partial charge in [-0.05, 0) is 29.0 Å². The fourth-order valence-electron chi connectivity index (χ4n) is 1.75. The second kappa shape index (κ2) is 5.40. The SMILES string of the molecule is CCC(Br)C(C)c1nnnn1-c1ccccc1. The van der Waals surface area contributed by atoms with E-state index in [9.17, 15) is 0 Å². The summed E-state index contributed by atoms with van der Waals surface area (Å²) in [5.74, 6) is 1.16. The number of para-hydroxylation sites is 1. The number of halogens is 1. The monoisotopic (exact) mass is 294 g/mol. The molecule has 1 aromatic heterocycles. The van der Waals surface area contributed by atoms with Gasteiger partial charge >= 0.3 is 0 Å². The maximum absolute atomic E-state index is 4.13. The first-order chi connectivity index (χ1) is 8.24. The van der Waals surface area contributed by atoms with Crippen molar-refractivity contribution in [2.75, 3.05) is 0 Å². The summed E-state index contributed by atoms with van der Waals surface area (Å²) >= 11 is 3.66. The topological polar surface area (TPSA) is 43.6 Å². The molecule has 1 heterocycles. The van der Waals surface area contributed by atoms with Crippen molar-refractivity contribution in [2.24, 2.45) is 0 Å². The van der Waals surface area contributed by atoms with E-state index in [0.29, 0.717) is 4.83 Å². The molecule has 2 atom stereocenters. The van der Waals surface area contributed by atoms with Gasteiger partial charge in [-0.25, -0.2) is 0 Å². The lowest BCUT2D eigenvalue weighted by molar-refractivity contribution is 0.626. The molecule has 0 amide bonds. The van der Waals surface area contributed by atoms with Gasteiger partial charge in [0.05, 0.1) is 5.69 Å². The summed E-state index contributed by atoms with van der Waals surface area (Å²) in [6.45, 7) is 4.28. The molecule has 0 spiro atoms. The molecular weight excluding hydrogens is 280 g/mol. The lowest BCUT2D eigenvalue weighted by atomic mass is 10.1. The van der Waals surface area contributed by atoms with Gasteiger partial charge in [-0.15, -0.1) is 5.10 Å². The number of benzene rings is 1. The highest BCUT2D eigenvalue weighted by Gasteiger charge is 2.21. The molecule has 5 heteroatoms. The van der Waals surface area contributed by atoms with Gasteiger partial charge in [-0.1, -0.05) is 48.0 Å². The molecule has 0 fully saturated rings. The first-order valence-electron chi connectivity index (χ1n) is 5.71. The predicted octanol–water partition coefficient (Wildman–Crippen LogP) is 2.94.